The Morgan fingerprint density at radius 2 is 1.89 bits per heavy atom. The third-order valence-corrected chi connectivity index (χ3v) is 4.16. The number of carbonyl (C=O) groups excluding carboxylic acids is 1. The fraction of sp³-hybridized carbons (Fsp3) is 0.412. The maximum absolute atomic E-state index is 11.9. The molecule has 1 fully saturated rings. The van der Waals surface area contributed by atoms with Crippen LogP contribution in [0.1, 0.15) is 6.92 Å². The Morgan fingerprint density at radius 3 is 2.54 bits per heavy atom. The number of aromatic hydroxyl groups is 1. The third-order valence-electron chi connectivity index (χ3n) is 4.16. The molecule has 152 valence electrons. The van der Waals surface area contributed by atoms with Crippen LogP contribution in [0.2, 0.25) is 0 Å². The molecule has 0 aliphatic carbocycles. The highest BCUT2D eigenvalue weighted by Crippen LogP contribution is 2.34. The molecular weight excluding hydrogens is 380 g/mol. The van der Waals surface area contributed by atoms with Gasteiger partial charge in [-0.3, -0.25) is 4.79 Å². The molecule has 2 aromatic rings. The van der Waals surface area contributed by atoms with Gasteiger partial charge in [-0.2, -0.15) is 0 Å². The average Bonchev–Trinajstić information content (AvgIpc) is 2.65. The van der Waals surface area contributed by atoms with Crippen molar-refractivity contribution in [1.82, 2.24) is 0 Å². The first-order chi connectivity index (χ1) is 13.2. The Kier molecular flexibility index (Phi) is 5.54. The molecule has 11 nitrogen and oxygen atoms in total. The lowest BCUT2D eigenvalue weighted by Gasteiger charge is -2.39. The number of benzene rings is 1. The van der Waals surface area contributed by atoms with Crippen LogP contribution in [-0.2, 0) is 9.53 Å². The van der Waals surface area contributed by atoms with Gasteiger partial charge in [-0.1, -0.05) is 0 Å². The van der Waals surface area contributed by atoms with Crippen molar-refractivity contribution in [3.8, 4) is 17.2 Å². The summed E-state index contributed by atoms with van der Waals surface area (Å²) in [5.41, 5.74) is -1.20. The van der Waals surface area contributed by atoms with Crippen molar-refractivity contribution in [3.05, 3.63) is 28.6 Å². The topological polar surface area (TPSA) is 176 Å². The van der Waals surface area contributed by atoms with Crippen LogP contribution < -0.4 is 15.1 Å². The van der Waals surface area contributed by atoms with Crippen LogP contribution in [0.15, 0.2) is 27.4 Å². The molecule has 28 heavy (non-hydrogen) atoms. The van der Waals surface area contributed by atoms with Gasteiger partial charge in [0, 0.05) is 13.0 Å². The van der Waals surface area contributed by atoms with Gasteiger partial charge in [-0.15, -0.1) is 0 Å². The van der Waals surface area contributed by atoms with E-state index in [-0.39, 0.29) is 16.7 Å². The Bertz CT molecular complexity index is 935. The van der Waals surface area contributed by atoms with Crippen LogP contribution in [0.25, 0.3) is 11.0 Å². The van der Waals surface area contributed by atoms with Gasteiger partial charge in [0.05, 0.1) is 12.0 Å². The first kappa shape index (κ1) is 20.0. The van der Waals surface area contributed by atoms with E-state index < -0.39 is 60.4 Å². The molecule has 0 unspecified atom stereocenters. The van der Waals surface area contributed by atoms with Crippen molar-refractivity contribution < 1.29 is 49.0 Å². The standard InChI is InChI=1S/C17H18O11/c1-6(19)25-15-11(20)8-3-2-7(4-9(8)27-16(15)24)26-17-14(23)13(22)12(21)10(5-18)28-17/h2-4,10,12-14,17-18,20-23H,5H2,1H3/t10-,12-,13+,14+,17-/m1/s1. The maximum Gasteiger partial charge on any atom is 0.383 e. The minimum Gasteiger partial charge on any atom is -0.504 e. The highest BCUT2D eigenvalue weighted by molar-refractivity contribution is 5.87. The smallest absolute Gasteiger partial charge is 0.383 e. The number of aliphatic hydroxyl groups excluding tert-OH is 4. The molecule has 1 aliphatic heterocycles. The first-order valence-electron chi connectivity index (χ1n) is 8.18. The average molecular weight is 398 g/mol. The summed E-state index contributed by atoms with van der Waals surface area (Å²) in [6.07, 6.45) is -7.37. The molecule has 1 saturated heterocycles. The Morgan fingerprint density at radius 1 is 1.18 bits per heavy atom. The van der Waals surface area contributed by atoms with Crippen molar-refractivity contribution in [2.75, 3.05) is 6.61 Å². The van der Waals surface area contributed by atoms with E-state index in [0.29, 0.717) is 0 Å². The van der Waals surface area contributed by atoms with Gasteiger partial charge in [-0.05, 0) is 12.1 Å². The number of aliphatic hydroxyl groups is 4. The van der Waals surface area contributed by atoms with Crippen LogP contribution in [-0.4, -0.2) is 68.8 Å². The number of ether oxygens (including phenoxy) is 3. The van der Waals surface area contributed by atoms with Gasteiger partial charge in [0.25, 0.3) is 5.75 Å². The number of carbonyl (C=O) groups is 1. The van der Waals surface area contributed by atoms with Gasteiger partial charge in [0.2, 0.25) is 6.29 Å². The molecule has 0 spiro atoms. The summed E-state index contributed by atoms with van der Waals surface area (Å²) < 4.78 is 20.3. The zero-order valence-corrected chi connectivity index (χ0v) is 14.5. The van der Waals surface area contributed by atoms with Crippen molar-refractivity contribution in [3.63, 3.8) is 0 Å². The van der Waals surface area contributed by atoms with E-state index in [4.69, 9.17) is 13.9 Å². The monoisotopic (exact) mass is 398 g/mol. The zero-order chi connectivity index (χ0) is 20.6. The van der Waals surface area contributed by atoms with Crippen LogP contribution in [0.3, 0.4) is 0 Å². The number of fused-ring (bicyclic) bond motifs is 1. The minimum absolute atomic E-state index is 0.0274. The predicted molar refractivity (Wildman–Crippen MR) is 89.9 cm³/mol. The second kappa shape index (κ2) is 7.73. The quantitative estimate of drug-likeness (QED) is 0.302. The molecule has 5 atom stereocenters. The fourth-order valence-electron chi connectivity index (χ4n) is 2.75. The summed E-state index contributed by atoms with van der Waals surface area (Å²) in [4.78, 5) is 22.9. The molecule has 1 aromatic heterocycles. The molecule has 0 radical (unpaired) electrons. The zero-order valence-electron chi connectivity index (χ0n) is 14.5. The summed E-state index contributed by atoms with van der Waals surface area (Å²) in [5.74, 6) is -2.03. The Balaban J connectivity index is 1.90. The van der Waals surface area contributed by atoms with E-state index in [0.717, 1.165) is 6.92 Å². The molecule has 3 rings (SSSR count). The van der Waals surface area contributed by atoms with Crippen LogP contribution >= 0.6 is 0 Å². The summed E-state index contributed by atoms with van der Waals surface area (Å²) in [7, 11) is 0. The lowest BCUT2D eigenvalue weighted by Crippen LogP contribution is -2.60. The lowest BCUT2D eigenvalue weighted by atomic mass is 9.99. The molecule has 1 aliphatic rings. The SMILES string of the molecule is CC(=O)Oc1c(O)c2ccc(O[C@@H]3O[C@H](CO)[C@@H](O)[C@H](O)[C@@H]3O)cc2oc1=O. The van der Waals surface area contributed by atoms with Crippen LogP contribution in [0.5, 0.6) is 17.2 Å². The van der Waals surface area contributed by atoms with E-state index in [1.165, 1.54) is 18.2 Å². The van der Waals surface area contributed by atoms with Crippen molar-refractivity contribution in [1.29, 1.82) is 0 Å². The molecule has 0 amide bonds. The van der Waals surface area contributed by atoms with Gasteiger partial charge in [0.15, 0.2) is 5.75 Å². The van der Waals surface area contributed by atoms with E-state index in [2.05, 4.69) is 4.74 Å². The molecule has 0 bridgehead atoms. The summed E-state index contributed by atoms with van der Waals surface area (Å²) in [5, 5.41) is 48.9. The van der Waals surface area contributed by atoms with E-state index in [1.807, 2.05) is 0 Å². The summed E-state index contributed by atoms with van der Waals surface area (Å²) >= 11 is 0. The molecule has 2 heterocycles. The van der Waals surface area contributed by atoms with Crippen LogP contribution in [0, 0.1) is 0 Å². The Hall–Kier alpha value is -2.70. The second-order valence-corrected chi connectivity index (χ2v) is 6.13. The van der Waals surface area contributed by atoms with Gasteiger partial charge in [-0.25, -0.2) is 4.79 Å². The van der Waals surface area contributed by atoms with E-state index >= 15 is 0 Å². The minimum atomic E-state index is -1.62. The van der Waals surface area contributed by atoms with Crippen molar-refractivity contribution >= 4 is 16.9 Å². The maximum atomic E-state index is 11.9. The van der Waals surface area contributed by atoms with Crippen LogP contribution in [0.4, 0.5) is 0 Å². The normalized spacial score (nSPS) is 27.5. The van der Waals surface area contributed by atoms with E-state index in [9.17, 15) is 35.1 Å². The first-order valence-corrected chi connectivity index (χ1v) is 8.18. The van der Waals surface area contributed by atoms with Crippen molar-refractivity contribution in [2.45, 2.75) is 37.6 Å². The lowest BCUT2D eigenvalue weighted by molar-refractivity contribution is -0.277. The molecule has 1 aromatic carbocycles. The number of rotatable bonds is 4. The van der Waals surface area contributed by atoms with E-state index in [1.54, 1.807) is 0 Å². The van der Waals surface area contributed by atoms with Crippen molar-refractivity contribution in [2.24, 2.45) is 0 Å². The molecule has 0 saturated carbocycles. The fourth-order valence-corrected chi connectivity index (χ4v) is 2.75. The summed E-state index contributed by atoms with van der Waals surface area (Å²) in [6.45, 7) is 0.435. The van der Waals surface area contributed by atoms with Gasteiger partial charge in [0.1, 0.15) is 35.7 Å². The number of hydrogen-bond acceptors (Lipinski definition) is 11. The Labute approximate surface area is 156 Å². The summed E-state index contributed by atoms with van der Waals surface area (Å²) in [6, 6.07) is 3.84. The second-order valence-electron chi connectivity index (χ2n) is 6.13. The highest BCUT2D eigenvalue weighted by Gasteiger charge is 2.44. The number of hydrogen-bond donors (Lipinski definition) is 5. The molecule has 5 N–H and O–H groups in total. The van der Waals surface area contributed by atoms with Gasteiger partial charge < -0.3 is 44.2 Å². The molecule has 11 heteroatoms. The third kappa shape index (κ3) is 3.66. The highest BCUT2D eigenvalue weighted by atomic mass is 16.7. The molecular formula is C17H18O11. The number of esters is 1. The largest absolute Gasteiger partial charge is 0.504 e. The van der Waals surface area contributed by atoms with Gasteiger partial charge >= 0.3 is 11.6 Å². The predicted octanol–water partition coefficient (Wildman–Crippen LogP) is -1.40.